The molecule has 0 spiro atoms. The van der Waals surface area contributed by atoms with Gasteiger partial charge in [-0.15, -0.1) is 11.3 Å². The summed E-state index contributed by atoms with van der Waals surface area (Å²) in [6, 6.07) is 0.227. The second-order valence-corrected chi connectivity index (χ2v) is 8.75. The molecule has 1 aliphatic heterocycles. The zero-order valence-corrected chi connectivity index (χ0v) is 17.7. The van der Waals surface area contributed by atoms with Gasteiger partial charge in [-0.1, -0.05) is 12.8 Å². The van der Waals surface area contributed by atoms with E-state index in [1.807, 2.05) is 6.92 Å². The molecule has 8 nitrogen and oxygen atoms in total. The largest absolute Gasteiger partial charge is 0.465 e. The maximum atomic E-state index is 12.3. The second kappa shape index (κ2) is 8.94. The van der Waals surface area contributed by atoms with E-state index in [1.54, 1.807) is 11.8 Å². The van der Waals surface area contributed by atoms with Crippen LogP contribution in [0.4, 0.5) is 5.00 Å². The Kier molecular flexibility index (Phi) is 6.56. The maximum Gasteiger partial charge on any atom is 0.341 e. The van der Waals surface area contributed by atoms with Crippen LogP contribution in [0.1, 0.15) is 52.9 Å². The van der Waals surface area contributed by atoms with E-state index in [-0.39, 0.29) is 18.4 Å². The summed E-state index contributed by atoms with van der Waals surface area (Å²) in [4.78, 5) is 51.4. The van der Waals surface area contributed by atoms with Crippen LogP contribution in [0.5, 0.6) is 0 Å². The molecule has 1 aliphatic carbocycles. The van der Waals surface area contributed by atoms with Crippen molar-refractivity contribution in [2.45, 2.75) is 52.0 Å². The van der Waals surface area contributed by atoms with Gasteiger partial charge in [-0.3, -0.25) is 14.4 Å². The monoisotopic (exact) mass is 422 g/mol. The maximum absolute atomic E-state index is 12.3. The van der Waals surface area contributed by atoms with E-state index in [2.05, 4.69) is 5.32 Å². The van der Waals surface area contributed by atoms with Gasteiger partial charge in [0.2, 0.25) is 5.91 Å². The molecular weight excluding hydrogens is 396 g/mol. The van der Waals surface area contributed by atoms with Crippen molar-refractivity contribution < 1.29 is 28.7 Å². The highest BCUT2D eigenvalue weighted by atomic mass is 32.1. The van der Waals surface area contributed by atoms with Crippen molar-refractivity contribution >= 4 is 40.1 Å². The molecule has 2 fully saturated rings. The summed E-state index contributed by atoms with van der Waals surface area (Å²) in [6.07, 6.45) is 4.32. The highest BCUT2D eigenvalue weighted by molar-refractivity contribution is 7.16. The predicted molar refractivity (Wildman–Crippen MR) is 107 cm³/mol. The van der Waals surface area contributed by atoms with E-state index in [4.69, 9.17) is 9.47 Å². The van der Waals surface area contributed by atoms with Crippen molar-refractivity contribution in [2.75, 3.05) is 25.6 Å². The Morgan fingerprint density at radius 1 is 1.21 bits per heavy atom. The number of carbonyl (C=O) groups excluding carboxylic acids is 4. The average molecular weight is 423 g/mol. The number of thiophene rings is 1. The lowest BCUT2D eigenvalue weighted by molar-refractivity contribution is -0.151. The van der Waals surface area contributed by atoms with Crippen LogP contribution in [0.15, 0.2) is 0 Å². The van der Waals surface area contributed by atoms with E-state index in [9.17, 15) is 19.2 Å². The Morgan fingerprint density at radius 2 is 1.90 bits per heavy atom. The fraction of sp³-hybridized carbons (Fsp3) is 0.600. The number of likely N-dealkylation sites (tertiary alicyclic amines) is 1. The molecule has 1 saturated heterocycles. The summed E-state index contributed by atoms with van der Waals surface area (Å²) < 4.78 is 9.92. The molecule has 1 saturated carbocycles. The third-order valence-electron chi connectivity index (χ3n) is 5.63. The molecule has 0 bridgehead atoms. The van der Waals surface area contributed by atoms with Gasteiger partial charge in [0.1, 0.15) is 5.00 Å². The Balaban J connectivity index is 1.53. The smallest absolute Gasteiger partial charge is 0.341 e. The molecule has 9 heteroatoms. The fourth-order valence-corrected chi connectivity index (χ4v) is 5.00. The molecule has 29 heavy (non-hydrogen) atoms. The third kappa shape index (κ3) is 4.60. The standard InChI is InChI=1S/C20H26N2O6S/c1-11-12(2)29-18(17(11)20(26)27-3)21-15(23)10-28-19(25)13-8-16(24)22(9-13)14-6-4-5-7-14/h13-14H,4-10H2,1-3H3,(H,21,23)/t13-/m1/s1. The number of nitrogens with zero attached hydrogens (tertiary/aromatic N) is 1. The number of aryl methyl sites for hydroxylation is 1. The number of nitrogens with one attached hydrogen (secondary N) is 1. The molecule has 0 aromatic carbocycles. The number of hydrogen-bond donors (Lipinski definition) is 1. The topological polar surface area (TPSA) is 102 Å². The molecule has 2 aliphatic rings. The minimum absolute atomic E-state index is 0.0180. The van der Waals surface area contributed by atoms with E-state index >= 15 is 0 Å². The summed E-state index contributed by atoms with van der Waals surface area (Å²) in [6.45, 7) is 3.51. The number of esters is 2. The van der Waals surface area contributed by atoms with Gasteiger partial charge in [0.25, 0.3) is 5.91 Å². The van der Waals surface area contributed by atoms with Crippen LogP contribution in [-0.2, 0) is 23.9 Å². The Morgan fingerprint density at radius 3 is 2.55 bits per heavy atom. The summed E-state index contributed by atoms with van der Waals surface area (Å²) in [7, 11) is 1.28. The predicted octanol–water partition coefficient (Wildman–Crippen LogP) is 2.42. The first kappa shape index (κ1) is 21.3. The average Bonchev–Trinajstić information content (AvgIpc) is 3.40. The zero-order valence-electron chi connectivity index (χ0n) is 16.9. The molecule has 1 N–H and O–H groups in total. The van der Waals surface area contributed by atoms with Crippen LogP contribution in [0.25, 0.3) is 0 Å². The van der Waals surface area contributed by atoms with Crippen LogP contribution >= 0.6 is 11.3 Å². The van der Waals surface area contributed by atoms with Gasteiger partial charge >= 0.3 is 11.9 Å². The molecule has 2 heterocycles. The Hall–Kier alpha value is -2.42. The number of carbonyl (C=O) groups is 4. The molecule has 1 aromatic heterocycles. The summed E-state index contributed by atoms with van der Waals surface area (Å²) >= 11 is 1.26. The number of anilines is 1. The molecule has 1 atom stereocenters. The summed E-state index contributed by atoms with van der Waals surface area (Å²) in [5, 5.41) is 2.99. The van der Waals surface area contributed by atoms with Crippen molar-refractivity contribution in [3.63, 3.8) is 0 Å². The van der Waals surface area contributed by atoms with Gasteiger partial charge in [-0.2, -0.15) is 0 Å². The van der Waals surface area contributed by atoms with Crippen LogP contribution < -0.4 is 5.32 Å². The lowest BCUT2D eigenvalue weighted by Gasteiger charge is -2.23. The van der Waals surface area contributed by atoms with Gasteiger partial charge in [-0.25, -0.2) is 4.79 Å². The number of hydrogen-bond acceptors (Lipinski definition) is 7. The molecule has 158 valence electrons. The minimum atomic E-state index is -0.541. The Bertz CT molecular complexity index is 827. The highest BCUT2D eigenvalue weighted by Gasteiger charge is 2.39. The van der Waals surface area contributed by atoms with Crippen molar-refractivity contribution in [1.29, 1.82) is 0 Å². The van der Waals surface area contributed by atoms with Gasteiger partial charge in [0.15, 0.2) is 6.61 Å². The quantitative estimate of drug-likeness (QED) is 0.707. The van der Waals surface area contributed by atoms with Gasteiger partial charge in [0.05, 0.1) is 18.6 Å². The van der Waals surface area contributed by atoms with Gasteiger partial charge in [0, 0.05) is 23.9 Å². The first-order valence-electron chi connectivity index (χ1n) is 9.76. The third-order valence-corrected chi connectivity index (χ3v) is 6.75. The number of rotatable bonds is 6. The summed E-state index contributed by atoms with van der Waals surface area (Å²) in [5.74, 6) is -2.17. The molecule has 0 radical (unpaired) electrons. The van der Waals surface area contributed by atoms with Gasteiger partial charge in [-0.05, 0) is 32.3 Å². The lowest BCUT2D eigenvalue weighted by atomic mass is 10.1. The zero-order chi connectivity index (χ0) is 21.1. The van der Waals surface area contributed by atoms with E-state index < -0.39 is 30.4 Å². The summed E-state index contributed by atoms with van der Waals surface area (Å²) in [5.41, 5.74) is 1.05. The fourth-order valence-electron chi connectivity index (χ4n) is 3.94. The first-order valence-corrected chi connectivity index (χ1v) is 10.6. The SMILES string of the molecule is COC(=O)c1c(NC(=O)COC(=O)[C@@H]2CC(=O)N(C3CCCC3)C2)sc(C)c1C. The van der Waals surface area contributed by atoms with Gasteiger partial charge < -0.3 is 19.7 Å². The van der Waals surface area contributed by atoms with Crippen molar-refractivity contribution in [3.05, 3.63) is 16.0 Å². The minimum Gasteiger partial charge on any atom is -0.465 e. The first-order chi connectivity index (χ1) is 13.8. The van der Waals surface area contributed by atoms with E-state index in [0.717, 1.165) is 36.1 Å². The van der Waals surface area contributed by atoms with E-state index in [0.29, 0.717) is 17.1 Å². The molecule has 1 aromatic rings. The number of methoxy groups -OCH3 is 1. The van der Waals surface area contributed by atoms with E-state index in [1.165, 1.54) is 18.4 Å². The Labute approximate surface area is 173 Å². The highest BCUT2D eigenvalue weighted by Crippen LogP contribution is 2.33. The number of ether oxygens (including phenoxy) is 2. The van der Waals surface area contributed by atoms with Crippen LogP contribution in [0.3, 0.4) is 0 Å². The lowest BCUT2D eigenvalue weighted by Crippen LogP contribution is -2.35. The molecule has 0 unspecified atom stereocenters. The molecule has 2 amide bonds. The van der Waals surface area contributed by atoms with Crippen molar-refractivity contribution in [3.8, 4) is 0 Å². The van der Waals surface area contributed by atoms with Crippen LogP contribution in [0.2, 0.25) is 0 Å². The van der Waals surface area contributed by atoms with Crippen molar-refractivity contribution in [2.24, 2.45) is 5.92 Å². The number of amides is 2. The van der Waals surface area contributed by atoms with Crippen LogP contribution in [-0.4, -0.2) is 55.0 Å². The molecule has 3 rings (SSSR count). The second-order valence-electron chi connectivity index (χ2n) is 7.52. The van der Waals surface area contributed by atoms with Crippen LogP contribution in [0, 0.1) is 19.8 Å². The van der Waals surface area contributed by atoms with Crippen molar-refractivity contribution in [1.82, 2.24) is 4.90 Å². The normalized spacial score (nSPS) is 19.5. The molecular formula is C20H26N2O6S.